The van der Waals surface area contributed by atoms with Gasteiger partial charge in [0.15, 0.2) is 0 Å². The summed E-state index contributed by atoms with van der Waals surface area (Å²) in [6.07, 6.45) is 0. The number of para-hydroxylation sites is 1. The van der Waals surface area contributed by atoms with Crippen LogP contribution in [0.25, 0.3) is 11.1 Å². The van der Waals surface area contributed by atoms with Crippen LogP contribution >= 0.6 is 0 Å². The van der Waals surface area contributed by atoms with Crippen molar-refractivity contribution in [1.82, 2.24) is 0 Å². The molecule has 1 aliphatic heterocycles. The Labute approximate surface area is 210 Å². The standard InChI is InChI=1S/C16H17NO3.C12H13N3O/c1-16(2,15(19)20)11-6-3-5-10(9-11)12-7-4-8-13(17)14(12)18;1-7-4-8(2)6-10(5-7)15-12(16)11(13)9(3)14-15/h3-9,18H,17H2,1-2H3,(H,19,20);4-6,13H,1-3H3. The van der Waals surface area contributed by atoms with Crippen LogP contribution in [0.1, 0.15) is 37.5 Å². The molecule has 5 N–H and O–H groups in total. The Balaban J connectivity index is 0.000000205. The molecule has 0 saturated carbocycles. The zero-order valence-electron chi connectivity index (χ0n) is 21.0. The number of anilines is 2. The molecule has 8 heteroatoms. The van der Waals surface area contributed by atoms with E-state index in [0.717, 1.165) is 22.4 Å². The number of hydrogen-bond donors (Lipinski definition) is 4. The van der Waals surface area contributed by atoms with E-state index >= 15 is 0 Å². The number of aliphatic carboxylic acids is 1. The van der Waals surface area contributed by atoms with Crippen molar-refractivity contribution in [3.63, 3.8) is 0 Å². The molecule has 0 atom stereocenters. The maximum atomic E-state index is 11.7. The predicted molar refractivity (Wildman–Crippen MR) is 143 cm³/mol. The molecular formula is C28H30N4O4. The molecule has 0 unspecified atom stereocenters. The van der Waals surface area contributed by atoms with Gasteiger partial charge in [0, 0.05) is 5.56 Å². The monoisotopic (exact) mass is 486 g/mol. The number of nitrogens with one attached hydrogen (secondary N) is 1. The van der Waals surface area contributed by atoms with Gasteiger partial charge in [0.2, 0.25) is 0 Å². The van der Waals surface area contributed by atoms with Crippen molar-refractivity contribution in [2.24, 2.45) is 5.10 Å². The van der Waals surface area contributed by atoms with Crippen LogP contribution in [0.15, 0.2) is 65.8 Å². The lowest BCUT2D eigenvalue weighted by atomic mass is 9.83. The summed E-state index contributed by atoms with van der Waals surface area (Å²) in [5, 5.41) is 32.2. The third-order valence-electron chi connectivity index (χ3n) is 5.97. The molecule has 0 aliphatic carbocycles. The van der Waals surface area contributed by atoms with Gasteiger partial charge in [-0.1, -0.05) is 36.4 Å². The van der Waals surface area contributed by atoms with E-state index in [1.807, 2.05) is 38.1 Å². The minimum absolute atomic E-state index is 0.0118. The number of phenols is 1. The van der Waals surface area contributed by atoms with E-state index in [1.54, 1.807) is 57.2 Å². The van der Waals surface area contributed by atoms with E-state index in [2.05, 4.69) is 5.10 Å². The number of hydrazone groups is 1. The fourth-order valence-corrected chi connectivity index (χ4v) is 3.75. The van der Waals surface area contributed by atoms with Gasteiger partial charge in [-0.3, -0.25) is 15.0 Å². The van der Waals surface area contributed by atoms with Gasteiger partial charge >= 0.3 is 5.97 Å². The molecule has 0 aromatic heterocycles. The van der Waals surface area contributed by atoms with Crippen LogP contribution in [0, 0.1) is 19.3 Å². The molecule has 1 amide bonds. The van der Waals surface area contributed by atoms with Crippen LogP contribution < -0.4 is 10.7 Å². The lowest BCUT2D eigenvalue weighted by Gasteiger charge is -2.20. The van der Waals surface area contributed by atoms with Gasteiger partial charge in [0.25, 0.3) is 5.91 Å². The van der Waals surface area contributed by atoms with Gasteiger partial charge in [-0.05, 0) is 81.1 Å². The molecule has 0 spiro atoms. The highest BCUT2D eigenvalue weighted by Crippen LogP contribution is 2.35. The molecule has 3 aromatic carbocycles. The zero-order chi connectivity index (χ0) is 26.8. The Bertz CT molecular complexity index is 1370. The summed E-state index contributed by atoms with van der Waals surface area (Å²) in [6, 6.07) is 18.0. The third-order valence-corrected chi connectivity index (χ3v) is 5.97. The van der Waals surface area contributed by atoms with Crippen LogP contribution in [-0.4, -0.2) is 33.5 Å². The second-order valence-corrected chi connectivity index (χ2v) is 9.28. The van der Waals surface area contributed by atoms with Crippen molar-refractivity contribution >= 4 is 34.7 Å². The van der Waals surface area contributed by atoms with Crippen LogP contribution in [0.4, 0.5) is 11.4 Å². The largest absolute Gasteiger partial charge is 0.505 e. The topological polar surface area (TPSA) is 140 Å². The molecular weight excluding hydrogens is 456 g/mol. The molecule has 0 radical (unpaired) electrons. The number of hydrogen-bond acceptors (Lipinski definition) is 6. The number of nitrogens with two attached hydrogens (primary N) is 1. The van der Waals surface area contributed by atoms with Crippen molar-refractivity contribution in [2.75, 3.05) is 10.7 Å². The summed E-state index contributed by atoms with van der Waals surface area (Å²) in [5.41, 5.74) is 10.3. The lowest BCUT2D eigenvalue weighted by Crippen LogP contribution is -2.28. The van der Waals surface area contributed by atoms with Gasteiger partial charge < -0.3 is 15.9 Å². The number of aromatic hydroxyl groups is 1. The first kappa shape index (κ1) is 26.2. The first-order chi connectivity index (χ1) is 16.8. The van der Waals surface area contributed by atoms with Crippen molar-refractivity contribution < 1.29 is 19.8 Å². The fourth-order valence-electron chi connectivity index (χ4n) is 3.75. The lowest BCUT2D eigenvalue weighted by molar-refractivity contribution is -0.142. The highest BCUT2D eigenvalue weighted by atomic mass is 16.4. The first-order valence-electron chi connectivity index (χ1n) is 11.3. The Morgan fingerprint density at radius 2 is 1.61 bits per heavy atom. The molecule has 4 rings (SSSR count). The van der Waals surface area contributed by atoms with Crippen LogP contribution in [0.2, 0.25) is 0 Å². The average Bonchev–Trinajstić information content (AvgIpc) is 3.08. The molecule has 1 heterocycles. The van der Waals surface area contributed by atoms with Crippen molar-refractivity contribution in [3.8, 4) is 16.9 Å². The predicted octanol–water partition coefficient (Wildman–Crippen LogP) is 5.05. The number of phenolic OH excluding ortho intramolecular Hbond substituents is 1. The number of carbonyl (C=O) groups excluding carboxylic acids is 1. The minimum Gasteiger partial charge on any atom is -0.505 e. The number of carboxylic acid groups (broad SMARTS) is 1. The van der Waals surface area contributed by atoms with Gasteiger partial charge in [0.05, 0.1) is 22.5 Å². The second-order valence-electron chi connectivity index (χ2n) is 9.28. The third kappa shape index (κ3) is 5.27. The minimum atomic E-state index is -0.994. The Morgan fingerprint density at radius 3 is 2.17 bits per heavy atom. The summed E-state index contributed by atoms with van der Waals surface area (Å²) in [5.74, 6) is -1.24. The second kappa shape index (κ2) is 10.0. The molecule has 8 nitrogen and oxygen atoms in total. The molecule has 0 saturated heterocycles. The highest BCUT2D eigenvalue weighted by molar-refractivity contribution is 6.70. The summed E-state index contributed by atoms with van der Waals surface area (Å²) in [7, 11) is 0. The van der Waals surface area contributed by atoms with Gasteiger partial charge in [-0.2, -0.15) is 10.1 Å². The van der Waals surface area contributed by atoms with Crippen molar-refractivity contribution in [3.05, 3.63) is 77.4 Å². The zero-order valence-corrected chi connectivity index (χ0v) is 21.0. The number of nitrogens with zero attached hydrogens (tertiary/aromatic N) is 2. The van der Waals surface area contributed by atoms with Crippen LogP contribution in [0.3, 0.4) is 0 Å². The van der Waals surface area contributed by atoms with Gasteiger partial charge in [-0.25, -0.2) is 0 Å². The van der Waals surface area contributed by atoms with E-state index in [0.29, 0.717) is 22.5 Å². The fraction of sp³-hybridized carbons (Fsp3) is 0.214. The quantitative estimate of drug-likeness (QED) is 0.302. The molecule has 36 heavy (non-hydrogen) atoms. The van der Waals surface area contributed by atoms with Crippen molar-refractivity contribution in [2.45, 2.75) is 40.0 Å². The van der Waals surface area contributed by atoms with Crippen molar-refractivity contribution in [1.29, 1.82) is 5.41 Å². The highest BCUT2D eigenvalue weighted by Gasteiger charge is 2.30. The Morgan fingerprint density at radius 1 is 1.00 bits per heavy atom. The number of carbonyl (C=O) groups is 2. The summed E-state index contributed by atoms with van der Waals surface area (Å²) in [6.45, 7) is 8.90. The van der Waals surface area contributed by atoms with E-state index in [4.69, 9.17) is 11.1 Å². The summed E-state index contributed by atoms with van der Waals surface area (Å²) < 4.78 is 0. The summed E-state index contributed by atoms with van der Waals surface area (Å²) in [4.78, 5) is 23.0. The number of rotatable bonds is 4. The van der Waals surface area contributed by atoms with Gasteiger partial charge in [0.1, 0.15) is 11.5 Å². The number of nitrogen functional groups attached to an aromatic ring is 1. The smallest absolute Gasteiger partial charge is 0.313 e. The van der Waals surface area contributed by atoms with E-state index in [9.17, 15) is 19.8 Å². The molecule has 3 aromatic rings. The number of aryl methyl sites for hydroxylation is 2. The van der Waals surface area contributed by atoms with E-state index in [1.165, 1.54) is 5.01 Å². The average molecular weight is 487 g/mol. The van der Waals surface area contributed by atoms with Gasteiger partial charge in [-0.15, -0.1) is 0 Å². The SMILES string of the molecule is CC(C)(C(=O)O)c1cccc(-c2cccc(N)c2O)c1.CC1=NN(c2cc(C)cc(C)c2)C(=O)C1=N. The molecule has 0 bridgehead atoms. The number of carboxylic acids is 1. The van der Waals surface area contributed by atoms with E-state index in [-0.39, 0.29) is 17.4 Å². The molecule has 186 valence electrons. The Kier molecular flexibility index (Phi) is 7.29. The number of amides is 1. The molecule has 1 aliphatic rings. The van der Waals surface area contributed by atoms with Crippen LogP contribution in [0.5, 0.6) is 5.75 Å². The molecule has 0 fully saturated rings. The number of benzene rings is 3. The summed E-state index contributed by atoms with van der Waals surface area (Å²) >= 11 is 0. The maximum absolute atomic E-state index is 11.7. The normalized spacial score (nSPS) is 13.2. The van der Waals surface area contributed by atoms with Crippen LogP contribution in [-0.2, 0) is 15.0 Å². The Hall–Kier alpha value is -4.46. The van der Waals surface area contributed by atoms with E-state index < -0.39 is 11.4 Å². The maximum Gasteiger partial charge on any atom is 0.313 e. The first-order valence-corrected chi connectivity index (χ1v) is 11.3.